The van der Waals surface area contributed by atoms with Crippen molar-refractivity contribution in [1.29, 1.82) is 0 Å². The number of para-hydroxylation sites is 1. The van der Waals surface area contributed by atoms with E-state index >= 15 is 0 Å². The summed E-state index contributed by atoms with van der Waals surface area (Å²) >= 11 is 0. The maximum Gasteiger partial charge on any atom is 1.00 e. The van der Waals surface area contributed by atoms with E-state index in [1.54, 1.807) is 0 Å². The number of hydrogen-bond acceptors (Lipinski definition) is 2. The molecule has 1 N–H and O–H groups in total. The topological polar surface area (TPSA) is 45.2 Å². The van der Waals surface area contributed by atoms with Gasteiger partial charge in [0.05, 0.1) is 5.69 Å². The molecule has 4 heteroatoms. The second-order valence-corrected chi connectivity index (χ2v) is 4.63. The minimum atomic E-state index is 0. The molecule has 0 radical (unpaired) electrons. The summed E-state index contributed by atoms with van der Waals surface area (Å²) in [5.41, 5.74) is 3.44. The van der Waals surface area contributed by atoms with Crippen LogP contribution in [0, 0.1) is 4.91 Å². The zero-order valence-electron chi connectivity index (χ0n) is 11.1. The van der Waals surface area contributed by atoms with E-state index in [0.717, 1.165) is 32.9 Å². The minimum absolute atomic E-state index is 0. The summed E-state index contributed by atoms with van der Waals surface area (Å²) in [6.07, 6.45) is 0. The van der Waals surface area contributed by atoms with Gasteiger partial charge in [-0.1, -0.05) is 42.5 Å². The molecule has 2 aromatic carbocycles. The Bertz CT molecular complexity index is 898. The Morgan fingerprint density at radius 1 is 0.900 bits per heavy atom. The number of pyridine rings is 1. The zero-order chi connectivity index (χ0) is 12.8. The van der Waals surface area contributed by atoms with Gasteiger partial charge in [0.15, 0.2) is 0 Å². The quantitative estimate of drug-likeness (QED) is 0.421. The van der Waals surface area contributed by atoms with Gasteiger partial charge in [0, 0.05) is 21.9 Å². The Kier molecular flexibility index (Phi) is 3.75. The number of aromatic amines is 1. The molecule has 0 unspecified atom stereocenters. The third kappa shape index (κ3) is 1.96. The number of nitroso groups, excluding NO2 is 1. The molecule has 20 heavy (non-hydrogen) atoms. The summed E-state index contributed by atoms with van der Waals surface area (Å²) in [6, 6.07) is 17.9. The van der Waals surface area contributed by atoms with Crippen LogP contribution >= 0.6 is 0 Å². The molecule has 2 aliphatic rings. The zero-order valence-corrected chi connectivity index (χ0v) is 14.2. The predicted octanol–water partition coefficient (Wildman–Crippen LogP) is 1.83. The largest absolute Gasteiger partial charge is 1.00 e. The van der Waals surface area contributed by atoms with Gasteiger partial charge in [-0.3, -0.25) is 0 Å². The van der Waals surface area contributed by atoms with Gasteiger partial charge < -0.3 is 4.98 Å². The molecule has 0 bridgehead atoms. The second-order valence-electron chi connectivity index (χ2n) is 4.63. The molecule has 0 saturated heterocycles. The van der Waals surface area contributed by atoms with Crippen LogP contribution in [0.3, 0.4) is 0 Å². The van der Waals surface area contributed by atoms with Crippen LogP contribution in [0.25, 0.3) is 32.9 Å². The molecule has 0 aromatic heterocycles. The van der Waals surface area contributed by atoms with Gasteiger partial charge in [0.2, 0.25) is 0 Å². The van der Waals surface area contributed by atoms with E-state index in [1.807, 2.05) is 54.6 Å². The maximum absolute atomic E-state index is 11.2. The van der Waals surface area contributed by atoms with Gasteiger partial charge in [-0.05, 0) is 22.7 Å². The van der Waals surface area contributed by atoms with Crippen LogP contribution in [0.5, 0.6) is 0 Å². The first kappa shape index (κ1) is 13.9. The summed E-state index contributed by atoms with van der Waals surface area (Å²) in [6.45, 7) is 0. The molecule has 0 fully saturated rings. The number of fused-ring (bicyclic) bond motifs is 4. The molecule has 1 heterocycles. The Hall–Kier alpha value is -1.04. The van der Waals surface area contributed by atoms with Crippen molar-refractivity contribution in [2.75, 3.05) is 0 Å². The van der Waals surface area contributed by atoms with Crippen LogP contribution in [0.1, 0.15) is 0 Å². The molecule has 1 aliphatic heterocycles. The SMILES string of the molecule is O=Nc1c2cc3ccccc3[nH]c-2c2ccccc12.[K+]. The first-order chi connectivity index (χ1) is 9.38. The van der Waals surface area contributed by atoms with Gasteiger partial charge >= 0.3 is 51.4 Å². The van der Waals surface area contributed by atoms with Crippen molar-refractivity contribution in [2.45, 2.75) is 0 Å². The summed E-state index contributed by atoms with van der Waals surface area (Å²) in [5.74, 6) is 0. The molecule has 0 saturated carbocycles. The smallest absolute Gasteiger partial charge is 0.354 e. The predicted molar refractivity (Wildman–Crippen MR) is 77.9 cm³/mol. The number of nitrogens with one attached hydrogen (secondary N) is 1. The summed E-state index contributed by atoms with van der Waals surface area (Å²) in [4.78, 5) is 14.6. The third-order valence-electron chi connectivity index (χ3n) is 3.59. The number of benzene rings is 2. The Balaban J connectivity index is 0.00000121. The van der Waals surface area contributed by atoms with Crippen molar-refractivity contribution in [3.63, 3.8) is 0 Å². The number of aromatic nitrogens is 1. The minimum Gasteiger partial charge on any atom is -0.354 e. The second kappa shape index (κ2) is 5.39. The van der Waals surface area contributed by atoms with Gasteiger partial charge in [-0.25, -0.2) is 0 Å². The van der Waals surface area contributed by atoms with Crippen LogP contribution in [-0.4, -0.2) is 4.98 Å². The van der Waals surface area contributed by atoms with E-state index < -0.39 is 0 Å². The Labute approximate surface area is 158 Å². The molecule has 2 aromatic rings. The van der Waals surface area contributed by atoms with Crippen molar-refractivity contribution in [3.05, 3.63) is 59.5 Å². The number of H-pyrrole nitrogens is 1. The molecule has 90 valence electrons. The summed E-state index contributed by atoms with van der Waals surface area (Å²) < 4.78 is 0. The van der Waals surface area contributed by atoms with Crippen molar-refractivity contribution in [1.82, 2.24) is 4.98 Å². The molecule has 0 atom stereocenters. The van der Waals surface area contributed by atoms with Crippen LogP contribution in [0.2, 0.25) is 0 Å². The van der Waals surface area contributed by atoms with Crippen LogP contribution in [-0.2, 0) is 0 Å². The fraction of sp³-hybridized carbons (Fsp3) is 0. The average Bonchev–Trinajstić information content (AvgIpc) is 2.78. The fourth-order valence-corrected chi connectivity index (χ4v) is 2.72. The van der Waals surface area contributed by atoms with Crippen molar-refractivity contribution in [3.8, 4) is 11.3 Å². The first-order valence-corrected chi connectivity index (χ1v) is 6.14. The Morgan fingerprint density at radius 2 is 1.60 bits per heavy atom. The molecule has 0 spiro atoms. The molecule has 3 nitrogen and oxygen atoms in total. The maximum atomic E-state index is 11.2. The number of rotatable bonds is 1. The third-order valence-corrected chi connectivity index (χ3v) is 3.59. The Morgan fingerprint density at radius 3 is 2.40 bits per heavy atom. The number of hydrogen-bond donors (Lipinski definition) is 1. The van der Waals surface area contributed by atoms with Crippen LogP contribution in [0.15, 0.2) is 59.8 Å². The molecule has 0 amide bonds. The van der Waals surface area contributed by atoms with E-state index in [9.17, 15) is 4.91 Å². The van der Waals surface area contributed by atoms with Gasteiger partial charge in [-0.15, -0.1) is 4.91 Å². The fourth-order valence-electron chi connectivity index (χ4n) is 2.72. The molecular weight excluding hydrogens is 275 g/mol. The van der Waals surface area contributed by atoms with Gasteiger partial charge in [0.25, 0.3) is 0 Å². The van der Waals surface area contributed by atoms with Crippen molar-refractivity contribution >= 4 is 27.4 Å². The van der Waals surface area contributed by atoms with Crippen LogP contribution in [0.4, 0.5) is 5.69 Å². The van der Waals surface area contributed by atoms with E-state index in [1.165, 1.54) is 0 Å². The summed E-state index contributed by atoms with van der Waals surface area (Å²) in [5, 5.41) is 6.24. The van der Waals surface area contributed by atoms with Crippen molar-refractivity contribution < 1.29 is 51.4 Å². The molecule has 1 aliphatic carbocycles. The van der Waals surface area contributed by atoms with Crippen LogP contribution < -0.4 is 51.4 Å². The van der Waals surface area contributed by atoms with E-state index in [2.05, 4.69) is 10.2 Å². The molecule has 4 rings (SSSR count). The van der Waals surface area contributed by atoms with Gasteiger partial charge in [-0.2, -0.15) is 0 Å². The first-order valence-electron chi connectivity index (χ1n) is 6.14. The average molecular weight is 285 g/mol. The van der Waals surface area contributed by atoms with E-state index in [0.29, 0.717) is 5.69 Å². The van der Waals surface area contributed by atoms with E-state index in [-0.39, 0.29) is 51.4 Å². The normalized spacial score (nSPS) is 10.8. The molecular formula is C16H10KN2O+. The van der Waals surface area contributed by atoms with Gasteiger partial charge in [0.1, 0.15) is 5.69 Å². The van der Waals surface area contributed by atoms with Crippen molar-refractivity contribution in [2.24, 2.45) is 5.18 Å². The summed E-state index contributed by atoms with van der Waals surface area (Å²) in [7, 11) is 0. The number of nitrogens with zero attached hydrogens (tertiary/aromatic N) is 1. The monoisotopic (exact) mass is 285 g/mol. The standard InChI is InChI=1S/C16H10N2O.K/c19-18-16-12-7-3-2-6-11(12)15-13(16)9-10-5-1-4-8-14(10)17-15;/h1-9,17H;/q;+1. The van der Waals surface area contributed by atoms with E-state index in [4.69, 9.17) is 0 Å².